The summed E-state index contributed by atoms with van der Waals surface area (Å²) in [6, 6.07) is -0.470. The molecule has 1 aliphatic rings. The van der Waals surface area contributed by atoms with Crippen molar-refractivity contribution in [3.05, 3.63) is 0 Å². The normalized spacial score (nSPS) is 18.8. The average molecular weight is 257 g/mol. The number of amides is 2. The summed E-state index contributed by atoms with van der Waals surface area (Å²) < 4.78 is 0. The number of carbonyl (C=O) groups is 2. The number of likely N-dealkylation sites (tertiary alicyclic amines) is 1. The van der Waals surface area contributed by atoms with E-state index in [2.05, 4.69) is 4.90 Å². The molecule has 104 valence electrons. The van der Waals surface area contributed by atoms with Crippen LogP contribution in [0.2, 0.25) is 0 Å². The molecule has 6 heteroatoms. The van der Waals surface area contributed by atoms with Crippen molar-refractivity contribution in [1.29, 1.82) is 0 Å². The Morgan fingerprint density at radius 1 is 1.22 bits per heavy atom. The van der Waals surface area contributed by atoms with Crippen molar-refractivity contribution in [3.8, 4) is 0 Å². The molecule has 1 atom stereocenters. The van der Waals surface area contributed by atoms with Crippen molar-refractivity contribution in [1.82, 2.24) is 14.7 Å². The highest BCUT2D eigenvalue weighted by atomic mass is 16.4. The number of piperidine rings is 1. The van der Waals surface area contributed by atoms with E-state index < -0.39 is 12.0 Å². The van der Waals surface area contributed by atoms with Gasteiger partial charge < -0.3 is 19.8 Å². The Balaban J connectivity index is 2.52. The third kappa shape index (κ3) is 3.35. The van der Waals surface area contributed by atoms with Crippen molar-refractivity contribution in [2.45, 2.75) is 31.8 Å². The zero-order chi connectivity index (χ0) is 13.9. The number of aliphatic carboxylic acids is 1. The van der Waals surface area contributed by atoms with Crippen LogP contribution in [-0.2, 0) is 4.79 Å². The van der Waals surface area contributed by atoms with E-state index >= 15 is 0 Å². The number of nitrogens with zero attached hydrogens (tertiary/aromatic N) is 3. The van der Waals surface area contributed by atoms with Gasteiger partial charge in [0.05, 0.1) is 0 Å². The Kier molecular flexibility index (Phi) is 4.95. The van der Waals surface area contributed by atoms with Crippen LogP contribution >= 0.6 is 0 Å². The van der Waals surface area contributed by atoms with E-state index in [1.807, 2.05) is 14.1 Å². The van der Waals surface area contributed by atoms with Crippen molar-refractivity contribution in [2.75, 3.05) is 34.2 Å². The molecule has 1 unspecified atom stereocenters. The van der Waals surface area contributed by atoms with Gasteiger partial charge in [0, 0.05) is 26.2 Å². The SMILES string of the molecule is CC(C(=O)O)N(C)C(=O)N1CCC(N(C)C)CC1. The van der Waals surface area contributed by atoms with E-state index in [0.717, 1.165) is 12.8 Å². The number of likely N-dealkylation sites (N-methyl/N-ethyl adjacent to an activating group) is 1. The molecular formula is C12H23N3O3. The summed E-state index contributed by atoms with van der Waals surface area (Å²) in [5, 5.41) is 8.90. The van der Waals surface area contributed by atoms with Crippen LogP contribution in [0.25, 0.3) is 0 Å². The van der Waals surface area contributed by atoms with Crippen LogP contribution in [0.1, 0.15) is 19.8 Å². The third-order valence-electron chi connectivity index (χ3n) is 3.71. The predicted octanol–water partition coefficient (Wildman–Crippen LogP) is 0.537. The van der Waals surface area contributed by atoms with Gasteiger partial charge in [-0.25, -0.2) is 9.59 Å². The zero-order valence-electron chi connectivity index (χ0n) is 11.6. The number of carboxylic acid groups (broad SMARTS) is 1. The van der Waals surface area contributed by atoms with Crippen LogP contribution < -0.4 is 0 Å². The highest BCUT2D eigenvalue weighted by Gasteiger charge is 2.29. The highest BCUT2D eigenvalue weighted by Crippen LogP contribution is 2.16. The van der Waals surface area contributed by atoms with Crippen LogP contribution in [0.5, 0.6) is 0 Å². The smallest absolute Gasteiger partial charge is 0.326 e. The van der Waals surface area contributed by atoms with Crippen molar-refractivity contribution in [2.24, 2.45) is 0 Å². The molecule has 0 bridgehead atoms. The second kappa shape index (κ2) is 6.04. The van der Waals surface area contributed by atoms with E-state index in [9.17, 15) is 9.59 Å². The lowest BCUT2D eigenvalue weighted by atomic mass is 10.0. The lowest BCUT2D eigenvalue weighted by molar-refractivity contribution is -0.141. The van der Waals surface area contributed by atoms with Gasteiger partial charge >= 0.3 is 12.0 Å². The van der Waals surface area contributed by atoms with Gasteiger partial charge in [0.1, 0.15) is 6.04 Å². The monoisotopic (exact) mass is 257 g/mol. The zero-order valence-corrected chi connectivity index (χ0v) is 11.6. The number of urea groups is 1. The molecule has 2 amide bonds. The molecule has 6 nitrogen and oxygen atoms in total. The average Bonchev–Trinajstić information content (AvgIpc) is 2.36. The standard InChI is InChI=1S/C12H23N3O3/c1-9(11(16)17)14(4)12(18)15-7-5-10(6-8-15)13(2)3/h9-10H,5-8H2,1-4H3,(H,16,17). The summed E-state index contributed by atoms with van der Waals surface area (Å²) >= 11 is 0. The molecule has 0 saturated carbocycles. The Bertz CT molecular complexity index is 312. The minimum Gasteiger partial charge on any atom is -0.480 e. The minimum absolute atomic E-state index is 0.192. The fraction of sp³-hybridized carbons (Fsp3) is 0.833. The molecule has 1 aliphatic heterocycles. The van der Waals surface area contributed by atoms with Crippen LogP contribution in [0.4, 0.5) is 4.79 Å². The number of hydrogen-bond donors (Lipinski definition) is 1. The Hall–Kier alpha value is -1.30. The first-order valence-electron chi connectivity index (χ1n) is 6.25. The van der Waals surface area contributed by atoms with Gasteiger partial charge in [0.15, 0.2) is 0 Å². The van der Waals surface area contributed by atoms with Crippen LogP contribution in [0, 0.1) is 0 Å². The van der Waals surface area contributed by atoms with E-state index in [4.69, 9.17) is 5.11 Å². The molecule has 0 radical (unpaired) electrons. The molecule has 0 aromatic heterocycles. The Labute approximate surface area is 108 Å². The fourth-order valence-electron chi connectivity index (χ4n) is 2.13. The van der Waals surface area contributed by atoms with Gasteiger partial charge in [-0.05, 0) is 33.9 Å². The van der Waals surface area contributed by atoms with E-state index in [1.165, 1.54) is 11.8 Å². The second-order valence-corrected chi connectivity index (χ2v) is 5.09. The van der Waals surface area contributed by atoms with Crippen molar-refractivity contribution >= 4 is 12.0 Å². The number of carboxylic acids is 1. The molecular weight excluding hydrogens is 234 g/mol. The summed E-state index contributed by atoms with van der Waals surface area (Å²) in [6.45, 7) is 2.91. The maximum absolute atomic E-state index is 12.1. The number of carbonyl (C=O) groups excluding carboxylic acids is 1. The maximum Gasteiger partial charge on any atom is 0.326 e. The molecule has 0 spiro atoms. The van der Waals surface area contributed by atoms with Gasteiger partial charge in [-0.15, -0.1) is 0 Å². The maximum atomic E-state index is 12.1. The fourth-order valence-corrected chi connectivity index (χ4v) is 2.13. The number of rotatable bonds is 3. The molecule has 0 aliphatic carbocycles. The second-order valence-electron chi connectivity index (χ2n) is 5.09. The lowest BCUT2D eigenvalue weighted by Crippen LogP contribution is -2.51. The summed E-state index contributed by atoms with van der Waals surface area (Å²) in [6.07, 6.45) is 1.88. The van der Waals surface area contributed by atoms with E-state index in [0.29, 0.717) is 19.1 Å². The summed E-state index contributed by atoms with van der Waals surface area (Å²) in [4.78, 5) is 28.1. The molecule has 1 fully saturated rings. The van der Waals surface area contributed by atoms with Gasteiger partial charge in [-0.3, -0.25) is 0 Å². The van der Waals surface area contributed by atoms with E-state index in [1.54, 1.807) is 11.9 Å². The van der Waals surface area contributed by atoms with Gasteiger partial charge in [-0.2, -0.15) is 0 Å². The molecule has 1 saturated heterocycles. The molecule has 1 rings (SSSR count). The van der Waals surface area contributed by atoms with Crippen LogP contribution in [0.15, 0.2) is 0 Å². The molecule has 0 aromatic rings. The molecule has 1 heterocycles. The van der Waals surface area contributed by atoms with Gasteiger partial charge in [0.25, 0.3) is 0 Å². The number of hydrogen-bond acceptors (Lipinski definition) is 3. The predicted molar refractivity (Wildman–Crippen MR) is 68.5 cm³/mol. The van der Waals surface area contributed by atoms with Crippen molar-refractivity contribution in [3.63, 3.8) is 0 Å². The first kappa shape index (κ1) is 14.8. The third-order valence-corrected chi connectivity index (χ3v) is 3.71. The summed E-state index contributed by atoms with van der Waals surface area (Å²) in [7, 11) is 5.63. The molecule has 1 N–H and O–H groups in total. The lowest BCUT2D eigenvalue weighted by Gasteiger charge is -2.37. The molecule has 0 aromatic carbocycles. The summed E-state index contributed by atoms with van der Waals surface area (Å²) in [5.41, 5.74) is 0. The summed E-state index contributed by atoms with van der Waals surface area (Å²) in [5.74, 6) is -0.978. The first-order valence-corrected chi connectivity index (χ1v) is 6.25. The Morgan fingerprint density at radius 3 is 2.11 bits per heavy atom. The quantitative estimate of drug-likeness (QED) is 0.801. The highest BCUT2D eigenvalue weighted by molar-refractivity contribution is 5.82. The van der Waals surface area contributed by atoms with Crippen molar-refractivity contribution < 1.29 is 14.7 Å². The topological polar surface area (TPSA) is 64.1 Å². The van der Waals surface area contributed by atoms with Gasteiger partial charge in [0.2, 0.25) is 0 Å². The van der Waals surface area contributed by atoms with Gasteiger partial charge in [-0.1, -0.05) is 0 Å². The molecule has 18 heavy (non-hydrogen) atoms. The first-order chi connectivity index (χ1) is 8.34. The van der Waals surface area contributed by atoms with E-state index in [-0.39, 0.29) is 6.03 Å². The Morgan fingerprint density at radius 2 is 1.72 bits per heavy atom. The minimum atomic E-state index is -0.978. The largest absolute Gasteiger partial charge is 0.480 e. The van der Waals surface area contributed by atoms with Crippen LogP contribution in [-0.4, -0.2) is 78.1 Å². The van der Waals surface area contributed by atoms with Crippen LogP contribution in [0.3, 0.4) is 0 Å².